The van der Waals surface area contributed by atoms with E-state index in [-0.39, 0.29) is 10.5 Å². The third kappa shape index (κ3) is 3.87. The number of hydrogen-bond acceptors (Lipinski definition) is 6. The van der Waals surface area contributed by atoms with Crippen LogP contribution in [0.25, 0.3) is 22.7 Å². The number of hydrogen-bond donors (Lipinski definition) is 1. The number of nitro benzene ring substituents is 1. The Hall–Kier alpha value is -3.92. The lowest BCUT2D eigenvalue weighted by atomic mass is 10.1. The summed E-state index contributed by atoms with van der Waals surface area (Å²) in [5.74, 6) is 0.798. The number of H-pyrrole nitrogens is 1. The number of halogens is 1. The summed E-state index contributed by atoms with van der Waals surface area (Å²) >= 11 is 5.18. The van der Waals surface area contributed by atoms with Crippen molar-refractivity contribution in [2.45, 2.75) is 0 Å². The summed E-state index contributed by atoms with van der Waals surface area (Å²) in [6.07, 6.45) is 1.43. The number of nitro groups is 1. The molecule has 1 N–H and O–H groups in total. The average Bonchev–Trinajstić information content (AvgIpc) is 3.33. The monoisotopic (exact) mass is 409 g/mol. The molecule has 0 saturated carbocycles. The second-order valence-electron chi connectivity index (χ2n) is 5.93. The summed E-state index contributed by atoms with van der Waals surface area (Å²) in [5, 5.41) is 21.9. The van der Waals surface area contributed by atoms with Crippen molar-refractivity contribution < 1.29 is 13.7 Å². The zero-order valence-electron chi connectivity index (χ0n) is 14.7. The molecule has 0 unspecified atom stereocenters. The van der Waals surface area contributed by atoms with Crippen molar-refractivity contribution in [2.24, 2.45) is 5.10 Å². The van der Waals surface area contributed by atoms with E-state index in [0.29, 0.717) is 28.5 Å². The zero-order chi connectivity index (χ0) is 20.4. The van der Waals surface area contributed by atoms with Crippen molar-refractivity contribution in [1.29, 1.82) is 0 Å². The quantitative estimate of drug-likeness (QED) is 0.221. The first-order chi connectivity index (χ1) is 14.0. The molecule has 0 aliphatic carbocycles. The van der Waals surface area contributed by atoms with Gasteiger partial charge in [-0.2, -0.15) is 14.9 Å². The van der Waals surface area contributed by atoms with Gasteiger partial charge in [0.05, 0.1) is 11.1 Å². The SMILES string of the molecule is O=[N+]([O-])c1cccc(-c2ccc(/C=N\n3c(-c4cccc(F)c4)n[nH]c3=S)o2)c1. The second kappa shape index (κ2) is 7.60. The van der Waals surface area contributed by atoms with Crippen LogP contribution in [0.2, 0.25) is 0 Å². The van der Waals surface area contributed by atoms with Crippen molar-refractivity contribution in [3.63, 3.8) is 0 Å². The Bertz CT molecular complexity index is 1290. The molecule has 0 fully saturated rings. The highest BCUT2D eigenvalue weighted by atomic mass is 32.1. The molecule has 0 atom stereocenters. The molecule has 10 heteroatoms. The fourth-order valence-electron chi connectivity index (χ4n) is 2.68. The highest BCUT2D eigenvalue weighted by Gasteiger charge is 2.11. The van der Waals surface area contributed by atoms with Crippen molar-refractivity contribution in [2.75, 3.05) is 0 Å². The number of rotatable bonds is 5. The molecule has 0 amide bonds. The molecule has 0 saturated heterocycles. The number of non-ortho nitro benzene ring substituents is 1. The van der Waals surface area contributed by atoms with Gasteiger partial charge in [0.2, 0.25) is 4.77 Å². The van der Waals surface area contributed by atoms with Crippen molar-refractivity contribution >= 4 is 24.1 Å². The number of aromatic nitrogens is 3. The molecule has 0 radical (unpaired) electrons. The van der Waals surface area contributed by atoms with Gasteiger partial charge in [-0.15, -0.1) is 0 Å². The summed E-state index contributed by atoms with van der Waals surface area (Å²) in [5.41, 5.74) is 1.05. The standard InChI is InChI=1S/C19H12FN5O3S/c20-14-5-1-4-13(9-14)18-22-23-19(29)24(18)21-11-16-7-8-17(28-16)12-3-2-6-15(10-12)25(26)27/h1-11H,(H,23,29)/b21-11-. The van der Waals surface area contributed by atoms with Crippen LogP contribution in [0.5, 0.6) is 0 Å². The van der Waals surface area contributed by atoms with Crippen LogP contribution in [0.3, 0.4) is 0 Å². The second-order valence-corrected chi connectivity index (χ2v) is 6.32. The molecule has 4 aromatic rings. The van der Waals surface area contributed by atoms with Gasteiger partial charge in [0, 0.05) is 23.3 Å². The summed E-state index contributed by atoms with van der Waals surface area (Å²) in [6, 6.07) is 15.4. The molecule has 2 aromatic carbocycles. The minimum absolute atomic E-state index is 0.0291. The van der Waals surface area contributed by atoms with E-state index in [4.69, 9.17) is 16.6 Å². The predicted octanol–water partition coefficient (Wildman–Crippen LogP) is 4.80. The fourth-order valence-corrected chi connectivity index (χ4v) is 2.86. The van der Waals surface area contributed by atoms with Crippen LogP contribution in [0, 0.1) is 20.7 Å². The molecule has 4 rings (SSSR count). The molecule has 29 heavy (non-hydrogen) atoms. The Kier molecular flexibility index (Phi) is 4.83. The minimum Gasteiger partial charge on any atom is -0.455 e. The lowest BCUT2D eigenvalue weighted by Gasteiger charge is -2.00. The van der Waals surface area contributed by atoms with E-state index < -0.39 is 10.7 Å². The first kappa shape index (κ1) is 18.4. The van der Waals surface area contributed by atoms with Crippen LogP contribution in [0.1, 0.15) is 5.76 Å². The Morgan fingerprint density at radius 1 is 1.17 bits per heavy atom. The van der Waals surface area contributed by atoms with E-state index in [0.717, 1.165) is 0 Å². The molecule has 0 bridgehead atoms. The lowest BCUT2D eigenvalue weighted by Crippen LogP contribution is -1.95. The molecule has 2 heterocycles. The molecule has 0 aliphatic rings. The summed E-state index contributed by atoms with van der Waals surface area (Å²) in [4.78, 5) is 10.5. The van der Waals surface area contributed by atoms with Crippen molar-refractivity contribution in [1.82, 2.24) is 14.9 Å². The van der Waals surface area contributed by atoms with Crippen LogP contribution in [-0.4, -0.2) is 26.0 Å². The number of aromatic amines is 1. The van der Waals surface area contributed by atoms with Gasteiger partial charge in [-0.1, -0.05) is 24.3 Å². The smallest absolute Gasteiger partial charge is 0.270 e. The van der Waals surface area contributed by atoms with E-state index >= 15 is 0 Å². The van der Waals surface area contributed by atoms with Gasteiger partial charge in [-0.05, 0) is 36.5 Å². The normalized spacial score (nSPS) is 11.2. The van der Waals surface area contributed by atoms with Gasteiger partial charge in [0.1, 0.15) is 17.3 Å². The van der Waals surface area contributed by atoms with Crippen LogP contribution in [0.4, 0.5) is 10.1 Å². The van der Waals surface area contributed by atoms with E-state index in [1.54, 1.807) is 36.4 Å². The molecule has 0 aliphatic heterocycles. The highest BCUT2D eigenvalue weighted by Crippen LogP contribution is 2.25. The lowest BCUT2D eigenvalue weighted by molar-refractivity contribution is -0.384. The maximum atomic E-state index is 13.5. The van der Waals surface area contributed by atoms with Crippen molar-refractivity contribution in [3.05, 3.63) is 87.1 Å². The molecular formula is C19H12FN5O3S. The van der Waals surface area contributed by atoms with Crippen LogP contribution >= 0.6 is 12.2 Å². The largest absolute Gasteiger partial charge is 0.455 e. The number of nitrogens with zero attached hydrogens (tertiary/aromatic N) is 4. The van der Waals surface area contributed by atoms with Crippen molar-refractivity contribution in [3.8, 4) is 22.7 Å². The Morgan fingerprint density at radius 3 is 2.76 bits per heavy atom. The van der Waals surface area contributed by atoms with Gasteiger partial charge in [-0.3, -0.25) is 10.1 Å². The van der Waals surface area contributed by atoms with Gasteiger partial charge < -0.3 is 4.42 Å². The first-order valence-electron chi connectivity index (χ1n) is 8.33. The Morgan fingerprint density at radius 2 is 1.97 bits per heavy atom. The van der Waals surface area contributed by atoms with Gasteiger partial charge in [0.25, 0.3) is 5.69 Å². The Labute approximate surface area is 168 Å². The molecule has 0 spiro atoms. The van der Waals surface area contributed by atoms with Crippen LogP contribution < -0.4 is 0 Å². The molecule has 8 nitrogen and oxygen atoms in total. The molecular weight excluding hydrogens is 397 g/mol. The predicted molar refractivity (Wildman–Crippen MR) is 107 cm³/mol. The van der Waals surface area contributed by atoms with E-state index in [9.17, 15) is 14.5 Å². The Balaban J connectivity index is 1.63. The maximum Gasteiger partial charge on any atom is 0.270 e. The van der Waals surface area contributed by atoms with Gasteiger partial charge in [-0.25, -0.2) is 9.49 Å². The van der Waals surface area contributed by atoms with Crippen LogP contribution in [-0.2, 0) is 0 Å². The number of furan rings is 1. The maximum absolute atomic E-state index is 13.5. The first-order valence-corrected chi connectivity index (χ1v) is 8.74. The minimum atomic E-state index is -0.469. The summed E-state index contributed by atoms with van der Waals surface area (Å²) in [6.45, 7) is 0. The number of benzene rings is 2. The molecule has 144 valence electrons. The fraction of sp³-hybridized carbons (Fsp3) is 0. The van der Waals surface area contributed by atoms with Gasteiger partial charge in [0.15, 0.2) is 5.82 Å². The summed E-state index contributed by atoms with van der Waals surface area (Å²) < 4.78 is 20.8. The third-order valence-electron chi connectivity index (χ3n) is 4.00. The van der Waals surface area contributed by atoms with Gasteiger partial charge >= 0.3 is 0 Å². The highest BCUT2D eigenvalue weighted by molar-refractivity contribution is 7.71. The zero-order valence-corrected chi connectivity index (χ0v) is 15.5. The van der Waals surface area contributed by atoms with E-state index in [1.807, 2.05) is 0 Å². The van der Waals surface area contributed by atoms with E-state index in [1.165, 1.54) is 35.2 Å². The summed E-state index contributed by atoms with van der Waals surface area (Å²) in [7, 11) is 0. The third-order valence-corrected chi connectivity index (χ3v) is 4.27. The van der Waals surface area contributed by atoms with Crippen LogP contribution in [0.15, 0.2) is 70.2 Å². The van der Waals surface area contributed by atoms with E-state index in [2.05, 4.69) is 15.3 Å². The molecule has 2 aromatic heterocycles. The average molecular weight is 409 g/mol. The number of nitrogens with one attached hydrogen (secondary N) is 1. The topological polar surface area (TPSA) is 102 Å².